The van der Waals surface area contributed by atoms with Crippen LogP contribution in [0.1, 0.15) is 6.92 Å². The molecule has 3 nitrogen and oxygen atoms in total. The van der Waals surface area contributed by atoms with Gasteiger partial charge in [-0.2, -0.15) is 18.2 Å². The molecule has 0 heterocycles. The zero-order valence-electron chi connectivity index (χ0n) is 8.27. The normalized spacial score (nSPS) is 5.13. The fourth-order valence-electron chi connectivity index (χ4n) is 0.321. The second-order valence-electron chi connectivity index (χ2n) is 1.78. The van der Waals surface area contributed by atoms with Crippen molar-refractivity contribution in [3.8, 4) is 0 Å². The average Bonchev–Trinajstić information content (AvgIpc) is 2.82. The standard InChI is InChI=1S/C5H5.C4H6O.2CO.Mn/c1-2-4-5-3-1;1-3-4(2)5;2*1-2;/h1-5H;3H,1H2,2H3;;;/q-1;;;;. The Balaban J connectivity index is -0.0000000580. The summed E-state index contributed by atoms with van der Waals surface area (Å²) in [6, 6.07) is 10.0. The molecule has 1 rings (SSSR count). The van der Waals surface area contributed by atoms with Gasteiger partial charge < -0.3 is 0 Å². The van der Waals surface area contributed by atoms with Crippen molar-refractivity contribution in [3.63, 3.8) is 0 Å². The first-order valence-electron chi connectivity index (χ1n) is 3.48. The van der Waals surface area contributed by atoms with Crippen LogP contribution in [0, 0.1) is 13.3 Å². The molecule has 15 heavy (non-hydrogen) atoms. The first-order valence-corrected chi connectivity index (χ1v) is 3.48. The summed E-state index contributed by atoms with van der Waals surface area (Å²) in [7, 11) is 0. The first kappa shape index (κ1) is 23.5. The minimum atomic E-state index is 0. The van der Waals surface area contributed by atoms with Gasteiger partial charge in [-0.1, -0.05) is 6.58 Å². The topological polar surface area (TPSA) is 56.9 Å². The van der Waals surface area contributed by atoms with Crippen LogP contribution >= 0.6 is 0 Å². The van der Waals surface area contributed by atoms with Crippen molar-refractivity contribution in [1.29, 1.82) is 0 Å². The molecule has 0 atom stereocenters. The number of hydrogen-bond donors (Lipinski definition) is 0. The van der Waals surface area contributed by atoms with Gasteiger partial charge in [-0.25, -0.2) is 12.1 Å². The summed E-state index contributed by atoms with van der Waals surface area (Å²) in [4.78, 5) is 9.69. The molecule has 0 aliphatic rings. The smallest absolute Gasteiger partial charge is 0 e. The predicted octanol–water partition coefficient (Wildman–Crippen LogP) is 2.09. The Kier molecular flexibility index (Phi) is 45.9. The van der Waals surface area contributed by atoms with Crippen molar-refractivity contribution in [2.75, 3.05) is 0 Å². The van der Waals surface area contributed by atoms with Gasteiger partial charge in [-0.15, -0.1) is 0 Å². The van der Waals surface area contributed by atoms with E-state index in [4.69, 9.17) is 9.30 Å². The molecule has 0 fully saturated rings. The Hall–Kier alpha value is -1.24. The van der Waals surface area contributed by atoms with Gasteiger partial charge in [0.15, 0.2) is 5.78 Å². The van der Waals surface area contributed by atoms with Gasteiger partial charge in [0, 0.05) is 17.1 Å². The molecule has 1 aromatic rings. The van der Waals surface area contributed by atoms with Crippen LogP contribution in [-0.4, -0.2) is 5.78 Å². The SMILES string of the molecule is C=CC(C)=O.[C-]#[O+].[C-]#[O+].[Mn].c1cc[cH-]c1. The van der Waals surface area contributed by atoms with Crippen LogP contribution in [0.15, 0.2) is 43.0 Å². The Morgan fingerprint density at radius 3 is 1.60 bits per heavy atom. The van der Waals surface area contributed by atoms with Crippen LogP contribution in [0.5, 0.6) is 0 Å². The molecule has 0 aliphatic heterocycles. The molecule has 0 saturated carbocycles. The van der Waals surface area contributed by atoms with Gasteiger partial charge >= 0.3 is 22.6 Å². The molecule has 1 radical (unpaired) electrons. The molecule has 0 unspecified atom stereocenters. The maximum absolute atomic E-state index is 9.69. The van der Waals surface area contributed by atoms with Crippen molar-refractivity contribution >= 4 is 5.78 Å². The maximum atomic E-state index is 9.69. The number of allylic oxidation sites excluding steroid dienone is 1. The summed E-state index contributed by atoms with van der Waals surface area (Å²) in [5, 5.41) is 0. The molecule has 0 amide bonds. The van der Waals surface area contributed by atoms with Gasteiger partial charge in [0.2, 0.25) is 0 Å². The zero-order valence-corrected chi connectivity index (χ0v) is 9.45. The van der Waals surface area contributed by atoms with E-state index < -0.39 is 0 Å². The van der Waals surface area contributed by atoms with Crippen LogP contribution in [0.25, 0.3) is 0 Å². The second kappa shape index (κ2) is 29.3. The summed E-state index contributed by atoms with van der Waals surface area (Å²) in [5.41, 5.74) is 0. The van der Waals surface area contributed by atoms with E-state index in [0.29, 0.717) is 0 Å². The minimum Gasteiger partial charge on any atom is -0.214 e. The Morgan fingerprint density at radius 1 is 1.27 bits per heavy atom. The molecule has 4 heteroatoms. The molecule has 0 N–H and O–H groups in total. The third-order valence-electron chi connectivity index (χ3n) is 0.843. The molecule has 0 aliphatic carbocycles. The van der Waals surface area contributed by atoms with Crippen LogP contribution in [0.3, 0.4) is 0 Å². The number of carbonyl (C=O) groups is 1. The van der Waals surface area contributed by atoms with Gasteiger partial charge in [-0.05, 0) is 13.0 Å². The quantitative estimate of drug-likeness (QED) is 0.324. The number of rotatable bonds is 1. The van der Waals surface area contributed by atoms with Crippen LogP contribution in [-0.2, 0) is 31.2 Å². The summed E-state index contributed by atoms with van der Waals surface area (Å²) >= 11 is 0. The molecule has 81 valence electrons. The Labute approximate surface area is 100 Å². The molecule has 0 aromatic heterocycles. The summed E-state index contributed by atoms with van der Waals surface area (Å²) in [5.74, 6) is 0.0185. The Bertz CT molecular complexity index is 224. The van der Waals surface area contributed by atoms with E-state index in [1.807, 2.05) is 30.3 Å². The van der Waals surface area contributed by atoms with Crippen molar-refractivity contribution in [1.82, 2.24) is 0 Å². The molecular weight excluding hydrogens is 235 g/mol. The van der Waals surface area contributed by atoms with Crippen molar-refractivity contribution < 1.29 is 31.2 Å². The molecule has 0 bridgehead atoms. The van der Waals surface area contributed by atoms with E-state index >= 15 is 0 Å². The minimum absolute atomic E-state index is 0. The van der Waals surface area contributed by atoms with Gasteiger partial charge in [0.1, 0.15) is 0 Å². The van der Waals surface area contributed by atoms with Crippen molar-refractivity contribution in [2.24, 2.45) is 0 Å². The third-order valence-corrected chi connectivity index (χ3v) is 0.843. The third kappa shape index (κ3) is 44.5. The molecule has 0 spiro atoms. The average molecular weight is 246 g/mol. The van der Waals surface area contributed by atoms with Crippen LogP contribution in [0.2, 0.25) is 0 Å². The van der Waals surface area contributed by atoms with Crippen molar-refractivity contribution in [3.05, 3.63) is 56.3 Å². The van der Waals surface area contributed by atoms with E-state index in [9.17, 15) is 4.79 Å². The second-order valence-corrected chi connectivity index (χ2v) is 1.78. The largest absolute Gasteiger partial charge is 0.214 e. The maximum Gasteiger partial charge on any atom is 0 e. The molecule has 0 saturated heterocycles. The van der Waals surface area contributed by atoms with E-state index in [-0.39, 0.29) is 22.9 Å². The Morgan fingerprint density at radius 2 is 1.53 bits per heavy atom. The number of carbonyl (C=O) groups excluding carboxylic acids is 1. The fourth-order valence-corrected chi connectivity index (χ4v) is 0.321. The van der Waals surface area contributed by atoms with Gasteiger partial charge in [0.05, 0.1) is 0 Å². The monoisotopic (exact) mass is 246 g/mol. The predicted molar refractivity (Wildman–Crippen MR) is 50.8 cm³/mol. The molecular formula is C11H11MnO3-. The number of ketones is 1. The van der Waals surface area contributed by atoms with E-state index in [0.717, 1.165) is 0 Å². The van der Waals surface area contributed by atoms with Crippen LogP contribution in [0.4, 0.5) is 0 Å². The molecule has 1 aromatic carbocycles. The fraction of sp³-hybridized carbons (Fsp3) is 0.0909. The zero-order chi connectivity index (χ0) is 11.8. The summed E-state index contributed by atoms with van der Waals surface area (Å²) in [6.45, 7) is 13.7. The summed E-state index contributed by atoms with van der Waals surface area (Å²) in [6.07, 6.45) is 1.28. The van der Waals surface area contributed by atoms with E-state index in [1.54, 1.807) is 0 Å². The van der Waals surface area contributed by atoms with Gasteiger partial charge in [0.25, 0.3) is 0 Å². The van der Waals surface area contributed by atoms with Gasteiger partial charge in [-0.3, -0.25) is 4.79 Å². The first-order chi connectivity index (χ1) is 6.77. The summed E-state index contributed by atoms with van der Waals surface area (Å²) < 4.78 is 15.0. The van der Waals surface area contributed by atoms with E-state index in [2.05, 4.69) is 19.9 Å². The van der Waals surface area contributed by atoms with Crippen LogP contribution < -0.4 is 0 Å². The van der Waals surface area contributed by atoms with Crippen molar-refractivity contribution in [2.45, 2.75) is 6.92 Å². The number of hydrogen-bond acceptors (Lipinski definition) is 1. The van der Waals surface area contributed by atoms with E-state index in [1.165, 1.54) is 13.0 Å².